The fourth-order valence-electron chi connectivity index (χ4n) is 4.41. The molecule has 0 bridgehead atoms. The molecule has 0 radical (unpaired) electrons. The van der Waals surface area contributed by atoms with Gasteiger partial charge >= 0.3 is 0 Å². The minimum atomic E-state index is -0.928. The second-order valence-corrected chi connectivity index (χ2v) is 9.28. The van der Waals surface area contributed by atoms with Crippen molar-refractivity contribution in [3.63, 3.8) is 0 Å². The van der Waals surface area contributed by atoms with E-state index in [0.29, 0.717) is 5.56 Å². The molecule has 3 aromatic carbocycles. The molecule has 1 unspecified atom stereocenters. The molecule has 5 rings (SSSR count). The van der Waals surface area contributed by atoms with Gasteiger partial charge in [-0.3, -0.25) is 4.79 Å². The number of aliphatic hydroxyl groups is 1. The Hall–Kier alpha value is -3.20. The normalized spacial score (nSPS) is 16.2. The van der Waals surface area contributed by atoms with Gasteiger partial charge < -0.3 is 25.6 Å². The summed E-state index contributed by atoms with van der Waals surface area (Å²) >= 11 is 6.28. The van der Waals surface area contributed by atoms with Crippen molar-refractivity contribution in [3.05, 3.63) is 81.9 Å². The first-order valence-corrected chi connectivity index (χ1v) is 12.5. The van der Waals surface area contributed by atoms with E-state index in [9.17, 15) is 9.18 Å². The lowest BCUT2D eigenvalue weighted by Gasteiger charge is -2.23. The molecule has 196 valence electrons. The Morgan fingerprint density at radius 3 is 2.49 bits per heavy atom. The Balaban J connectivity index is 0.000000469. The number of aliphatic hydroxyl groups excluding tert-OH is 1. The van der Waals surface area contributed by atoms with E-state index < -0.39 is 23.6 Å². The van der Waals surface area contributed by atoms with E-state index in [1.165, 1.54) is 31.4 Å². The maximum atomic E-state index is 15.5. The summed E-state index contributed by atoms with van der Waals surface area (Å²) < 4.78 is 41.3. The molecule has 37 heavy (non-hydrogen) atoms. The van der Waals surface area contributed by atoms with Gasteiger partial charge in [-0.15, -0.1) is 0 Å². The van der Waals surface area contributed by atoms with E-state index in [0.717, 1.165) is 17.7 Å². The lowest BCUT2D eigenvalue weighted by molar-refractivity contribution is 0.100. The van der Waals surface area contributed by atoms with Gasteiger partial charge in [0, 0.05) is 35.2 Å². The number of carbonyl (C=O) groups is 1. The molecule has 4 N–H and O–H groups in total. The number of halogens is 3. The van der Waals surface area contributed by atoms with Crippen LogP contribution in [0, 0.1) is 11.6 Å². The molecule has 0 aromatic heterocycles. The van der Waals surface area contributed by atoms with Crippen LogP contribution in [0.15, 0.2) is 48.5 Å². The van der Waals surface area contributed by atoms with Crippen LogP contribution in [0.25, 0.3) is 11.1 Å². The number of benzene rings is 3. The molecule has 1 saturated carbocycles. The number of ether oxygens (including phenoxy) is 2. The Morgan fingerprint density at radius 2 is 1.92 bits per heavy atom. The van der Waals surface area contributed by atoms with Crippen LogP contribution in [0.3, 0.4) is 0 Å². The third-order valence-electron chi connectivity index (χ3n) is 6.60. The number of rotatable bonds is 7. The van der Waals surface area contributed by atoms with E-state index in [-0.39, 0.29) is 52.8 Å². The topological polar surface area (TPSA) is 93.8 Å². The maximum Gasteiger partial charge on any atom is 0.249 e. The lowest BCUT2D eigenvalue weighted by Crippen LogP contribution is -2.31. The zero-order valence-corrected chi connectivity index (χ0v) is 21.2. The van der Waals surface area contributed by atoms with Gasteiger partial charge in [0.2, 0.25) is 5.91 Å². The van der Waals surface area contributed by atoms with Crippen LogP contribution in [0.5, 0.6) is 11.5 Å². The number of fused-ring (bicyclic) bond motifs is 1. The average molecular weight is 531 g/mol. The van der Waals surface area contributed by atoms with E-state index >= 15 is 4.39 Å². The van der Waals surface area contributed by atoms with Crippen LogP contribution in [-0.4, -0.2) is 37.3 Å². The fourth-order valence-corrected chi connectivity index (χ4v) is 4.68. The van der Waals surface area contributed by atoms with Crippen molar-refractivity contribution in [2.75, 3.05) is 20.3 Å². The first-order valence-electron chi connectivity index (χ1n) is 12.1. The first kappa shape index (κ1) is 26.9. The Bertz CT molecular complexity index is 1270. The van der Waals surface area contributed by atoms with Crippen molar-refractivity contribution < 1.29 is 28.2 Å². The molecule has 0 saturated heterocycles. The van der Waals surface area contributed by atoms with Gasteiger partial charge in [0.15, 0.2) is 11.6 Å². The minimum Gasteiger partial charge on any atom is -0.488 e. The Kier molecular flexibility index (Phi) is 8.63. The molecule has 6 nitrogen and oxygen atoms in total. The number of nitrogens with two attached hydrogens (primary N) is 1. The van der Waals surface area contributed by atoms with Crippen LogP contribution in [0.1, 0.15) is 46.9 Å². The SMILES string of the molecule is CNC1CCC1.NC(=O)c1ccc(OCCO)c(F)c1-c1c(Cl)c(F)cc2c1CC(c1ccccc1)O2. The predicted octanol–water partition coefficient (Wildman–Crippen LogP) is 5.19. The summed E-state index contributed by atoms with van der Waals surface area (Å²) in [7, 11) is 2.03. The van der Waals surface area contributed by atoms with E-state index in [2.05, 4.69) is 5.32 Å². The van der Waals surface area contributed by atoms with Crippen molar-refractivity contribution in [2.24, 2.45) is 5.73 Å². The highest BCUT2D eigenvalue weighted by Crippen LogP contribution is 2.48. The van der Waals surface area contributed by atoms with E-state index in [1.807, 2.05) is 37.4 Å². The Labute approximate surface area is 219 Å². The number of amides is 1. The lowest BCUT2D eigenvalue weighted by atomic mass is 9.91. The Morgan fingerprint density at radius 1 is 1.19 bits per heavy atom. The maximum absolute atomic E-state index is 15.5. The summed E-state index contributed by atoms with van der Waals surface area (Å²) in [5.74, 6) is -2.66. The van der Waals surface area contributed by atoms with E-state index in [4.69, 9.17) is 31.9 Å². The predicted molar refractivity (Wildman–Crippen MR) is 138 cm³/mol. The van der Waals surface area contributed by atoms with Gasteiger partial charge in [0.25, 0.3) is 0 Å². The number of hydrogen-bond donors (Lipinski definition) is 3. The molecule has 0 spiro atoms. The van der Waals surface area contributed by atoms with Gasteiger partial charge in [-0.1, -0.05) is 48.4 Å². The zero-order chi connectivity index (χ0) is 26.5. The third kappa shape index (κ3) is 5.71. The van der Waals surface area contributed by atoms with Crippen LogP contribution in [0.4, 0.5) is 8.78 Å². The second kappa shape index (κ2) is 11.9. The summed E-state index contributed by atoms with van der Waals surface area (Å²) in [6.45, 7) is -0.504. The van der Waals surface area contributed by atoms with E-state index in [1.54, 1.807) is 0 Å². The van der Waals surface area contributed by atoms with Crippen LogP contribution in [0.2, 0.25) is 5.02 Å². The number of primary amides is 1. The molecule has 3 aromatic rings. The molecule has 1 amide bonds. The quantitative estimate of drug-likeness (QED) is 0.391. The van der Waals surface area contributed by atoms with Gasteiger partial charge in [-0.05, 0) is 37.6 Å². The molecule has 1 aliphatic heterocycles. The fraction of sp³-hybridized carbons (Fsp3) is 0.321. The average Bonchev–Trinajstić information content (AvgIpc) is 3.28. The summed E-state index contributed by atoms with van der Waals surface area (Å²) in [6, 6.07) is 13.8. The van der Waals surface area contributed by atoms with Crippen molar-refractivity contribution in [1.29, 1.82) is 0 Å². The molecule has 2 aliphatic rings. The minimum absolute atomic E-state index is 0.00385. The van der Waals surface area contributed by atoms with Gasteiger partial charge in [0.05, 0.1) is 17.2 Å². The molecular weight excluding hydrogens is 502 g/mol. The standard InChI is InChI=1S/C23H18ClF2NO4.C5H11N/c24-21-15(25)11-18-14(10-17(31-18)12-4-2-1-3-5-12)19(21)20-13(23(27)29)6-7-16(22(20)26)30-9-8-28;1-6-5-3-2-4-5/h1-7,11,17,28H,8-10H2,(H2,27,29);5-6H,2-4H2,1H3. The molecule has 1 fully saturated rings. The highest BCUT2D eigenvalue weighted by Gasteiger charge is 2.33. The molecule has 1 atom stereocenters. The highest BCUT2D eigenvalue weighted by molar-refractivity contribution is 6.34. The van der Waals surface area contributed by atoms with Crippen LogP contribution >= 0.6 is 11.6 Å². The second-order valence-electron chi connectivity index (χ2n) is 8.90. The summed E-state index contributed by atoms with van der Waals surface area (Å²) in [5, 5.41) is 11.8. The molecule has 9 heteroatoms. The number of hydrogen-bond acceptors (Lipinski definition) is 5. The number of carbonyl (C=O) groups excluding carboxylic acids is 1. The van der Waals surface area contributed by atoms with Gasteiger partial charge in [-0.2, -0.15) is 0 Å². The van der Waals surface area contributed by atoms with Gasteiger partial charge in [0.1, 0.15) is 24.3 Å². The first-order chi connectivity index (χ1) is 17.8. The molecule has 1 aliphatic carbocycles. The van der Waals surface area contributed by atoms with Crippen molar-refractivity contribution in [2.45, 2.75) is 37.8 Å². The summed E-state index contributed by atoms with van der Waals surface area (Å²) in [5.41, 5.74) is 6.34. The summed E-state index contributed by atoms with van der Waals surface area (Å²) in [6.07, 6.45) is 4.09. The van der Waals surface area contributed by atoms with Gasteiger partial charge in [-0.25, -0.2) is 8.78 Å². The van der Waals surface area contributed by atoms with Crippen LogP contribution < -0.4 is 20.5 Å². The van der Waals surface area contributed by atoms with Crippen molar-refractivity contribution in [1.82, 2.24) is 5.32 Å². The summed E-state index contributed by atoms with van der Waals surface area (Å²) in [4.78, 5) is 12.1. The molecular formula is C28H29ClF2N2O4. The highest BCUT2D eigenvalue weighted by atomic mass is 35.5. The molecule has 1 heterocycles. The zero-order valence-electron chi connectivity index (χ0n) is 20.4. The third-order valence-corrected chi connectivity index (χ3v) is 6.97. The monoisotopic (exact) mass is 530 g/mol. The number of nitrogens with one attached hydrogen (secondary N) is 1. The smallest absolute Gasteiger partial charge is 0.249 e. The van der Waals surface area contributed by atoms with Crippen molar-refractivity contribution in [3.8, 4) is 22.6 Å². The van der Waals surface area contributed by atoms with Crippen molar-refractivity contribution >= 4 is 17.5 Å². The van der Waals surface area contributed by atoms with Crippen LogP contribution in [-0.2, 0) is 6.42 Å². The largest absolute Gasteiger partial charge is 0.488 e.